The first kappa shape index (κ1) is 19.6. The predicted octanol–water partition coefficient (Wildman–Crippen LogP) is 2.75. The third-order valence-electron chi connectivity index (χ3n) is 5.73. The largest absolute Gasteiger partial charge is 0.486 e. The van der Waals surface area contributed by atoms with E-state index in [9.17, 15) is 0 Å². The summed E-state index contributed by atoms with van der Waals surface area (Å²) in [5.41, 5.74) is 1.22. The molecular formula is C22H31N5O2. The Morgan fingerprint density at radius 2 is 2.14 bits per heavy atom. The van der Waals surface area contributed by atoms with Gasteiger partial charge in [0.05, 0.1) is 12.4 Å². The highest BCUT2D eigenvalue weighted by Gasteiger charge is 2.28. The van der Waals surface area contributed by atoms with Crippen molar-refractivity contribution in [3.63, 3.8) is 0 Å². The van der Waals surface area contributed by atoms with Gasteiger partial charge in [-0.05, 0) is 43.4 Å². The molecule has 3 heterocycles. The Bertz CT molecular complexity index is 821. The number of fused-ring (bicyclic) bond motifs is 1. The second kappa shape index (κ2) is 9.20. The minimum absolute atomic E-state index is 0.424. The minimum atomic E-state index is 0.424. The van der Waals surface area contributed by atoms with E-state index in [0.29, 0.717) is 25.2 Å². The van der Waals surface area contributed by atoms with Crippen molar-refractivity contribution >= 4 is 5.96 Å². The molecule has 156 valence electrons. The molecule has 4 rings (SSSR count). The summed E-state index contributed by atoms with van der Waals surface area (Å²) in [5.74, 6) is 3.31. The van der Waals surface area contributed by atoms with E-state index in [2.05, 4.69) is 51.9 Å². The van der Waals surface area contributed by atoms with Crippen molar-refractivity contribution in [2.45, 2.75) is 32.7 Å². The van der Waals surface area contributed by atoms with Gasteiger partial charge in [-0.25, -0.2) is 4.98 Å². The van der Waals surface area contributed by atoms with Gasteiger partial charge in [-0.15, -0.1) is 0 Å². The Balaban J connectivity index is 1.41. The zero-order valence-corrected chi connectivity index (χ0v) is 17.4. The number of hydrogen-bond acceptors (Lipinski definition) is 4. The Morgan fingerprint density at radius 1 is 1.28 bits per heavy atom. The zero-order valence-electron chi connectivity index (χ0n) is 17.4. The van der Waals surface area contributed by atoms with Crippen LogP contribution in [0.1, 0.15) is 31.9 Å². The molecule has 7 nitrogen and oxygen atoms in total. The highest BCUT2D eigenvalue weighted by molar-refractivity contribution is 5.80. The number of likely N-dealkylation sites (tertiary alicyclic amines) is 1. The molecule has 1 N–H and O–H groups in total. The molecule has 2 atom stereocenters. The smallest absolute Gasteiger partial charge is 0.193 e. The van der Waals surface area contributed by atoms with Crippen molar-refractivity contribution in [2.24, 2.45) is 10.9 Å². The van der Waals surface area contributed by atoms with Crippen LogP contribution in [0.15, 0.2) is 41.9 Å². The van der Waals surface area contributed by atoms with E-state index in [0.717, 1.165) is 56.5 Å². The van der Waals surface area contributed by atoms with Crippen LogP contribution in [-0.2, 0) is 6.42 Å². The van der Waals surface area contributed by atoms with Crippen LogP contribution in [0.2, 0.25) is 0 Å². The molecule has 1 saturated heterocycles. The first-order valence-corrected chi connectivity index (χ1v) is 10.6. The first-order chi connectivity index (χ1) is 14.2. The van der Waals surface area contributed by atoms with E-state index in [1.807, 2.05) is 18.6 Å². The van der Waals surface area contributed by atoms with Gasteiger partial charge < -0.3 is 24.3 Å². The van der Waals surface area contributed by atoms with Crippen molar-refractivity contribution in [1.29, 1.82) is 0 Å². The molecule has 0 aliphatic carbocycles. The standard InChI is InChI=1S/C22H31N5O2/c1-3-24-22(26-10-7-17(2)19(15-26)27-11-9-23-16-27)25-8-6-18-4-5-20-21(14-18)29-13-12-28-20/h4-5,9,11,14,16-17,19H,3,6-8,10,12-13,15H2,1-2H3,(H,24,25). The van der Waals surface area contributed by atoms with Gasteiger partial charge in [0.2, 0.25) is 0 Å². The predicted molar refractivity (Wildman–Crippen MR) is 114 cm³/mol. The summed E-state index contributed by atoms with van der Waals surface area (Å²) >= 11 is 0. The van der Waals surface area contributed by atoms with E-state index in [-0.39, 0.29) is 0 Å². The monoisotopic (exact) mass is 397 g/mol. The van der Waals surface area contributed by atoms with Crippen LogP contribution in [0.25, 0.3) is 0 Å². The van der Waals surface area contributed by atoms with Gasteiger partial charge in [0, 0.05) is 38.6 Å². The summed E-state index contributed by atoms with van der Waals surface area (Å²) < 4.78 is 13.5. The van der Waals surface area contributed by atoms with Gasteiger partial charge >= 0.3 is 0 Å². The van der Waals surface area contributed by atoms with E-state index in [1.165, 1.54) is 5.56 Å². The Morgan fingerprint density at radius 3 is 2.93 bits per heavy atom. The summed E-state index contributed by atoms with van der Waals surface area (Å²) in [6.07, 6.45) is 7.88. The van der Waals surface area contributed by atoms with E-state index in [1.54, 1.807) is 0 Å². The maximum atomic E-state index is 5.69. The average molecular weight is 398 g/mol. The first-order valence-electron chi connectivity index (χ1n) is 10.6. The lowest BCUT2D eigenvalue weighted by atomic mass is 9.93. The second-order valence-corrected chi connectivity index (χ2v) is 7.75. The number of hydrogen-bond donors (Lipinski definition) is 1. The number of guanidine groups is 1. The lowest BCUT2D eigenvalue weighted by Crippen LogP contribution is -2.49. The number of aromatic nitrogens is 2. The van der Waals surface area contributed by atoms with Gasteiger partial charge in [0.1, 0.15) is 13.2 Å². The fourth-order valence-electron chi connectivity index (χ4n) is 4.05. The molecule has 2 aliphatic rings. The van der Waals surface area contributed by atoms with Gasteiger partial charge in [-0.2, -0.15) is 0 Å². The molecule has 0 amide bonds. The lowest BCUT2D eigenvalue weighted by Gasteiger charge is -2.39. The van der Waals surface area contributed by atoms with Crippen LogP contribution in [-0.4, -0.2) is 59.8 Å². The minimum Gasteiger partial charge on any atom is -0.486 e. The van der Waals surface area contributed by atoms with Gasteiger partial charge in [0.25, 0.3) is 0 Å². The average Bonchev–Trinajstić information content (AvgIpc) is 3.28. The second-order valence-electron chi connectivity index (χ2n) is 7.75. The van der Waals surface area contributed by atoms with E-state index < -0.39 is 0 Å². The van der Waals surface area contributed by atoms with Crippen LogP contribution in [0.4, 0.5) is 0 Å². The SMILES string of the molecule is CCNC(=NCCc1ccc2c(c1)OCCO2)N1CCC(C)C(n2ccnc2)C1. The molecule has 1 aromatic carbocycles. The molecule has 29 heavy (non-hydrogen) atoms. The van der Waals surface area contributed by atoms with Crippen molar-refractivity contribution in [3.05, 3.63) is 42.5 Å². The Hall–Kier alpha value is -2.70. The van der Waals surface area contributed by atoms with Crippen molar-refractivity contribution in [2.75, 3.05) is 39.4 Å². The number of piperidine rings is 1. The number of nitrogens with one attached hydrogen (secondary N) is 1. The van der Waals surface area contributed by atoms with Gasteiger partial charge in [-0.3, -0.25) is 4.99 Å². The number of ether oxygens (including phenoxy) is 2. The maximum Gasteiger partial charge on any atom is 0.193 e. The summed E-state index contributed by atoms with van der Waals surface area (Å²) in [7, 11) is 0. The Kier molecular flexibility index (Phi) is 6.22. The lowest BCUT2D eigenvalue weighted by molar-refractivity contribution is 0.171. The highest BCUT2D eigenvalue weighted by atomic mass is 16.6. The molecule has 0 saturated carbocycles. The molecule has 2 aromatic rings. The zero-order chi connectivity index (χ0) is 20.1. The number of nitrogens with zero attached hydrogens (tertiary/aromatic N) is 4. The third kappa shape index (κ3) is 4.66. The Labute approximate surface area is 172 Å². The highest BCUT2D eigenvalue weighted by Crippen LogP contribution is 2.31. The molecular weight excluding hydrogens is 366 g/mol. The van der Waals surface area contributed by atoms with E-state index >= 15 is 0 Å². The number of benzene rings is 1. The molecule has 0 radical (unpaired) electrons. The normalized spacial score (nSPS) is 21.9. The maximum absolute atomic E-state index is 5.69. The van der Waals surface area contributed by atoms with E-state index in [4.69, 9.17) is 14.5 Å². The van der Waals surface area contributed by atoms with Crippen molar-refractivity contribution < 1.29 is 9.47 Å². The summed E-state index contributed by atoms with van der Waals surface area (Å²) in [4.78, 5) is 11.5. The number of imidazole rings is 1. The summed E-state index contributed by atoms with van der Waals surface area (Å²) in [5, 5.41) is 3.48. The van der Waals surface area contributed by atoms with Crippen molar-refractivity contribution in [1.82, 2.24) is 19.8 Å². The van der Waals surface area contributed by atoms with Crippen LogP contribution >= 0.6 is 0 Å². The molecule has 2 aliphatic heterocycles. The quantitative estimate of drug-likeness (QED) is 0.621. The molecule has 1 fully saturated rings. The topological polar surface area (TPSA) is 63.9 Å². The molecule has 0 spiro atoms. The summed E-state index contributed by atoms with van der Waals surface area (Å²) in [6.45, 7) is 9.27. The molecule has 7 heteroatoms. The van der Waals surface area contributed by atoms with Crippen LogP contribution in [0, 0.1) is 5.92 Å². The molecule has 0 bridgehead atoms. The fraction of sp³-hybridized carbons (Fsp3) is 0.545. The molecule has 1 aromatic heterocycles. The van der Waals surface area contributed by atoms with Gasteiger partial charge in [-0.1, -0.05) is 13.0 Å². The molecule has 2 unspecified atom stereocenters. The van der Waals surface area contributed by atoms with Gasteiger partial charge in [0.15, 0.2) is 17.5 Å². The van der Waals surface area contributed by atoms with Crippen LogP contribution in [0.5, 0.6) is 11.5 Å². The number of rotatable bonds is 5. The number of aliphatic imine (C=N–C) groups is 1. The van der Waals surface area contributed by atoms with Crippen LogP contribution < -0.4 is 14.8 Å². The third-order valence-corrected chi connectivity index (χ3v) is 5.73. The summed E-state index contributed by atoms with van der Waals surface area (Å²) in [6, 6.07) is 6.61. The van der Waals surface area contributed by atoms with Crippen molar-refractivity contribution in [3.8, 4) is 11.5 Å². The van der Waals surface area contributed by atoms with Crippen LogP contribution in [0.3, 0.4) is 0 Å². The fourth-order valence-corrected chi connectivity index (χ4v) is 4.05.